The number of nitrogen functional groups attached to an aromatic ring is 1. The highest BCUT2D eigenvalue weighted by atomic mass is 16.5. The Labute approximate surface area is 102 Å². The standard InChI is InChI=1S/C10H13N3O4.H2O/c11-7-2-8-13(10(16)12-7)5-1-6(15)4(3-14)9(5)17-8;/h2,4-6,9,14-15H,1,3H2,(H2,11,12,16);1H2/t4-,5+,6+,9-;/m1./s1. The molecule has 1 saturated carbocycles. The third-order valence-corrected chi connectivity index (χ3v) is 3.52. The van der Waals surface area contributed by atoms with Crippen molar-refractivity contribution in [1.29, 1.82) is 0 Å². The fraction of sp³-hybridized carbons (Fsp3) is 0.600. The highest BCUT2D eigenvalue weighted by molar-refractivity contribution is 5.34. The fourth-order valence-electron chi connectivity index (χ4n) is 2.73. The summed E-state index contributed by atoms with van der Waals surface area (Å²) in [6.07, 6.45) is -0.659. The first-order valence-corrected chi connectivity index (χ1v) is 5.46. The molecule has 3 rings (SSSR count). The van der Waals surface area contributed by atoms with Crippen LogP contribution in [0.5, 0.6) is 5.88 Å². The predicted octanol–water partition coefficient (Wildman–Crippen LogP) is -2.32. The maximum absolute atomic E-state index is 11.7. The zero-order valence-electron chi connectivity index (χ0n) is 9.48. The van der Waals surface area contributed by atoms with Crippen LogP contribution in [-0.4, -0.2) is 44.1 Å². The summed E-state index contributed by atoms with van der Waals surface area (Å²) in [7, 11) is 0. The minimum Gasteiger partial charge on any atom is -0.473 e. The molecule has 18 heavy (non-hydrogen) atoms. The zero-order valence-corrected chi connectivity index (χ0v) is 9.48. The molecule has 0 saturated heterocycles. The van der Waals surface area contributed by atoms with Crippen molar-refractivity contribution < 1.29 is 20.4 Å². The number of hydrogen-bond donors (Lipinski definition) is 3. The van der Waals surface area contributed by atoms with Gasteiger partial charge < -0.3 is 26.2 Å². The summed E-state index contributed by atoms with van der Waals surface area (Å²) in [5, 5.41) is 19.0. The summed E-state index contributed by atoms with van der Waals surface area (Å²) in [5.41, 5.74) is 5.00. The quantitative estimate of drug-likeness (QED) is 0.515. The number of rotatable bonds is 1. The molecule has 0 radical (unpaired) electrons. The molecule has 6 N–H and O–H groups in total. The van der Waals surface area contributed by atoms with Crippen LogP contribution in [0.25, 0.3) is 0 Å². The summed E-state index contributed by atoms with van der Waals surface area (Å²) >= 11 is 0. The van der Waals surface area contributed by atoms with Crippen LogP contribution in [0.2, 0.25) is 0 Å². The lowest BCUT2D eigenvalue weighted by atomic mass is 10.1. The number of aliphatic hydroxyl groups excluding tert-OH is 2. The molecule has 8 heteroatoms. The van der Waals surface area contributed by atoms with Crippen molar-refractivity contribution >= 4 is 5.82 Å². The van der Waals surface area contributed by atoms with E-state index in [0.29, 0.717) is 12.3 Å². The molecule has 100 valence electrons. The van der Waals surface area contributed by atoms with Crippen molar-refractivity contribution in [3.05, 3.63) is 16.6 Å². The molecule has 1 fully saturated rings. The maximum atomic E-state index is 11.7. The topological polar surface area (TPSA) is 142 Å². The van der Waals surface area contributed by atoms with Crippen molar-refractivity contribution in [3.63, 3.8) is 0 Å². The number of aromatic nitrogens is 2. The molecule has 1 aliphatic carbocycles. The lowest BCUT2D eigenvalue weighted by Gasteiger charge is -2.17. The number of nitrogens with zero attached hydrogens (tertiary/aromatic N) is 2. The van der Waals surface area contributed by atoms with Crippen molar-refractivity contribution in [2.45, 2.75) is 24.7 Å². The summed E-state index contributed by atoms with van der Waals surface area (Å²) in [6.45, 7) is -0.173. The minimum atomic E-state index is -0.660. The van der Waals surface area contributed by atoms with E-state index in [1.165, 1.54) is 10.6 Å². The van der Waals surface area contributed by atoms with Crippen LogP contribution in [0.15, 0.2) is 10.9 Å². The number of fused-ring (bicyclic) bond motifs is 3. The van der Waals surface area contributed by atoms with E-state index in [2.05, 4.69) is 4.98 Å². The van der Waals surface area contributed by atoms with Gasteiger partial charge in [-0.2, -0.15) is 4.98 Å². The largest absolute Gasteiger partial charge is 0.473 e. The van der Waals surface area contributed by atoms with Gasteiger partial charge in [-0.1, -0.05) is 0 Å². The molecule has 0 aromatic carbocycles. The lowest BCUT2D eigenvalue weighted by Crippen LogP contribution is -2.31. The molecule has 1 aliphatic heterocycles. The van der Waals surface area contributed by atoms with Crippen LogP contribution in [0.3, 0.4) is 0 Å². The van der Waals surface area contributed by atoms with E-state index < -0.39 is 11.8 Å². The minimum absolute atomic E-state index is 0. The maximum Gasteiger partial charge on any atom is 0.352 e. The Kier molecular flexibility index (Phi) is 3.01. The SMILES string of the molecule is Nc1cc2n(c(=O)n1)[C@H]1C[C@H](O)[C@@H](CO)[C@H]1O2.O. The average Bonchev–Trinajstić information content (AvgIpc) is 2.71. The molecule has 0 unspecified atom stereocenters. The van der Waals surface area contributed by atoms with Crippen molar-refractivity contribution in [2.24, 2.45) is 5.92 Å². The number of ether oxygens (including phenoxy) is 1. The molecule has 0 bridgehead atoms. The Hall–Kier alpha value is -1.64. The van der Waals surface area contributed by atoms with Gasteiger partial charge in [0.15, 0.2) is 0 Å². The Bertz CT molecular complexity index is 517. The number of aliphatic hydroxyl groups is 2. The molecular formula is C10H15N3O5. The third-order valence-electron chi connectivity index (χ3n) is 3.52. The van der Waals surface area contributed by atoms with E-state index >= 15 is 0 Å². The summed E-state index contributed by atoms with van der Waals surface area (Å²) in [5.74, 6) is 0.102. The molecule has 2 heterocycles. The van der Waals surface area contributed by atoms with Gasteiger partial charge in [-0.25, -0.2) is 4.79 Å². The molecule has 4 atom stereocenters. The van der Waals surface area contributed by atoms with E-state index in [0.717, 1.165) is 0 Å². The molecule has 1 aromatic rings. The van der Waals surface area contributed by atoms with Crippen molar-refractivity contribution in [1.82, 2.24) is 9.55 Å². The molecule has 2 aliphatic rings. The Morgan fingerprint density at radius 3 is 3.00 bits per heavy atom. The van der Waals surface area contributed by atoms with E-state index in [4.69, 9.17) is 10.5 Å². The Morgan fingerprint density at radius 1 is 1.61 bits per heavy atom. The van der Waals surface area contributed by atoms with Gasteiger partial charge in [0.05, 0.1) is 18.8 Å². The van der Waals surface area contributed by atoms with Crippen molar-refractivity contribution in [2.75, 3.05) is 12.3 Å². The first kappa shape index (κ1) is 12.8. The first-order chi connectivity index (χ1) is 8.11. The second kappa shape index (κ2) is 4.23. The highest BCUT2D eigenvalue weighted by Crippen LogP contribution is 2.43. The molecule has 0 amide bonds. The molecule has 0 spiro atoms. The number of anilines is 1. The van der Waals surface area contributed by atoms with Gasteiger partial charge in [-0.3, -0.25) is 4.57 Å². The van der Waals surface area contributed by atoms with Gasteiger partial charge in [-0.15, -0.1) is 0 Å². The van der Waals surface area contributed by atoms with Crippen molar-refractivity contribution in [3.8, 4) is 5.88 Å². The van der Waals surface area contributed by atoms with E-state index in [1.807, 2.05) is 0 Å². The van der Waals surface area contributed by atoms with Crippen LogP contribution in [0.4, 0.5) is 5.82 Å². The second-order valence-corrected chi connectivity index (χ2v) is 4.47. The highest BCUT2D eigenvalue weighted by Gasteiger charge is 2.49. The van der Waals surface area contributed by atoms with Gasteiger partial charge >= 0.3 is 5.69 Å². The van der Waals surface area contributed by atoms with Gasteiger partial charge in [0.1, 0.15) is 11.9 Å². The van der Waals surface area contributed by atoms with E-state index in [-0.39, 0.29) is 36.0 Å². The zero-order chi connectivity index (χ0) is 12.2. The number of hydrogen-bond acceptors (Lipinski definition) is 6. The number of nitrogens with two attached hydrogens (primary N) is 1. The van der Waals surface area contributed by atoms with Crippen LogP contribution >= 0.6 is 0 Å². The van der Waals surface area contributed by atoms with Crippen LogP contribution < -0.4 is 16.2 Å². The van der Waals surface area contributed by atoms with Gasteiger partial charge in [-0.05, 0) is 6.42 Å². The van der Waals surface area contributed by atoms with E-state index in [1.54, 1.807) is 0 Å². The molecule has 8 nitrogen and oxygen atoms in total. The van der Waals surface area contributed by atoms with Gasteiger partial charge in [0, 0.05) is 12.0 Å². The summed E-state index contributed by atoms with van der Waals surface area (Å²) in [6, 6.07) is 1.22. The van der Waals surface area contributed by atoms with E-state index in [9.17, 15) is 15.0 Å². The van der Waals surface area contributed by atoms with Gasteiger partial charge in [0.25, 0.3) is 0 Å². The smallest absolute Gasteiger partial charge is 0.352 e. The third kappa shape index (κ3) is 1.57. The van der Waals surface area contributed by atoms with Gasteiger partial charge in [0.2, 0.25) is 5.88 Å². The monoisotopic (exact) mass is 257 g/mol. The lowest BCUT2D eigenvalue weighted by molar-refractivity contribution is 0.0425. The molecule has 1 aromatic heterocycles. The normalized spacial score (nSPS) is 32.3. The fourth-order valence-corrected chi connectivity index (χ4v) is 2.73. The van der Waals surface area contributed by atoms with Crippen LogP contribution in [-0.2, 0) is 0 Å². The van der Waals surface area contributed by atoms with Crippen LogP contribution in [0.1, 0.15) is 12.5 Å². The summed E-state index contributed by atoms with van der Waals surface area (Å²) < 4.78 is 6.99. The predicted molar refractivity (Wildman–Crippen MR) is 61.2 cm³/mol. The second-order valence-electron chi connectivity index (χ2n) is 4.47. The Balaban J connectivity index is 0.00000120. The molecular weight excluding hydrogens is 242 g/mol. The summed E-state index contributed by atoms with van der Waals surface area (Å²) in [4.78, 5) is 15.4. The van der Waals surface area contributed by atoms with Crippen LogP contribution in [0, 0.1) is 5.92 Å². The Morgan fingerprint density at radius 2 is 2.33 bits per heavy atom. The average molecular weight is 257 g/mol. The first-order valence-electron chi connectivity index (χ1n) is 5.46.